The Morgan fingerprint density at radius 1 is 1.33 bits per heavy atom. The summed E-state index contributed by atoms with van der Waals surface area (Å²) in [6, 6.07) is 2.16. The fourth-order valence-electron chi connectivity index (χ4n) is 1.60. The van der Waals surface area contributed by atoms with Gasteiger partial charge in [-0.05, 0) is 12.8 Å². The lowest BCUT2D eigenvalue weighted by molar-refractivity contribution is -0.695. The Labute approximate surface area is 92.0 Å². The van der Waals surface area contributed by atoms with E-state index in [9.17, 15) is 0 Å². The summed E-state index contributed by atoms with van der Waals surface area (Å²) in [5.74, 6) is 0. The molecule has 0 unspecified atom stereocenters. The molecule has 0 fully saturated rings. The molecule has 0 bridgehead atoms. The topological polar surface area (TPSA) is 32.6 Å². The van der Waals surface area contributed by atoms with Crippen LogP contribution in [0.4, 0.5) is 0 Å². The Morgan fingerprint density at radius 2 is 2.20 bits per heavy atom. The molecule has 15 heavy (non-hydrogen) atoms. The monoisotopic (exact) mass is 206 g/mol. The van der Waals surface area contributed by atoms with Crippen molar-refractivity contribution < 1.29 is 4.57 Å². The third-order valence-electron chi connectivity index (χ3n) is 2.50. The first-order chi connectivity index (χ1) is 7.36. The molecule has 0 aromatic carbocycles. The Bertz CT molecular complexity index is 309. The van der Waals surface area contributed by atoms with Crippen molar-refractivity contribution in [1.82, 2.24) is 4.57 Å². The number of nitrogens with zero attached hydrogens (tertiary/aromatic N) is 3. The summed E-state index contributed by atoms with van der Waals surface area (Å²) in [4.78, 5) is 0. The van der Waals surface area contributed by atoms with Crippen molar-refractivity contribution in [2.45, 2.75) is 52.1 Å². The maximum atomic E-state index is 8.46. The average Bonchev–Trinajstić information content (AvgIpc) is 2.69. The highest BCUT2D eigenvalue weighted by Gasteiger charge is 2.02. The summed E-state index contributed by atoms with van der Waals surface area (Å²) in [6.45, 7) is 4.13. The molecule has 0 saturated carbocycles. The van der Waals surface area contributed by atoms with Crippen LogP contribution in [0.2, 0.25) is 0 Å². The second-order valence-electron chi connectivity index (χ2n) is 3.86. The van der Waals surface area contributed by atoms with E-state index in [0.717, 1.165) is 13.1 Å². The number of hydrogen-bond donors (Lipinski definition) is 0. The molecule has 1 aromatic rings. The molecule has 0 N–H and O–H groups in total. The van der Waals surface area contributed by atoms with Gasteiger partial charge in [0.1, 0.15) is 18.9 Å². The third-order valence-corrected chi connectivity index (χ3v) is 2.50. The number of rotatable bonds is 7. The second kappa shape index (κ2) is 7.05. The van der Waals surface area contributed by atoms with Crippen LogP contribution < -0.4 is 4.57 Å². The standard InChI is InChI=1S/C12H20N3/c1-2-3-4-5-8-14-10-11-15(12-14)9-6-7-13/h10-12H,2-6,8-9H2,1H3/q+1. The SMILES string of the molecule is CCCCCCn1cc[n+](CCC#N)c1. The predicted octanol–water partition coefficient (Wildman–Crippen LogP) is 2.27. The zero-order valence-corrected chi connectivity index (χ0v) is 9.52. The highest BCUT2D eigenvalue weighted by atomic mass is 15.1. The van der Waals surface area contributed by atoms with E-state index in [1.54, 1.807) is 0 Å². The zero-order chi connectivity index (χ0) is 10.9. The van der Waals surface area contributed by atoms with Crippen molar-refractivity contribution in [3.05, 3.63) is 18.7 Å². The second-order valence-corrected chi connectivity index (χ2v) is 3.86. The molecule has 1 aromatic heterocycles. The van der Waals surface area contributed by atoms with Crippen molar-refractivity contribution in [3.8, 4) is 6.07 Å². The molecule has 0 atom stereocenters. The molecule has 1 heterocycles. The van der Waals surface area contributed by atoms with E-state index in [4.69, 9.17) is 5.26 Å². The maximum absolute atomic E-state index is 8.46. The summed E-state index contributed by atoms with van der Waals surface area (Å²) in [7, 11) is 0. The van der Waals surface area contributed by atoms with Gasteiger partial charge in [-0.1, -0.05) is 19.8 Å². The van der Waals surface area contributed by atoms with E-state index in [1.165, 1.54) is 25.7 Å². The molecule has 3 nitrogen and oxygen atoms in total. The van der Waals surface area contributed by atoms with Gasteiger partial charge in [0.2, 0.25) is 6.33 Å². The van der Waals surface area contributed by atoms with Gasteiger partial charge in [-0.15, -0.1) is 0 Å². The van der Waals surface area contributed by atoms with Gasteiger partial charge in [-0.3, -0.25) is 0 Å². The molecule has 3 heteroatoms. The lowest BCUT2D eigenvalue weighted by atomic mass is 10.2. The van der Waals surface area contributed by atoms with E-state index < -0.39 is 0 Å². The molecular weight excluding hydrogens is 186 g/mol. The average molecular weight is 206 g/mol. The van der Waals surface area contributed by atoms with E-state index in [1.807, 2.05) is 6.20 Å². The highest BCUT2D eigenvalue weighted by molar-refractivity contribution is 4.68. The molecule has 0 spiro atoms. The molecule has 0 radical (unpaired) electrons. The summed E-state index contributed by atoms with van der Waals surface area (Å²) in [6.07, 6.45) is 12.0. The zero-order valence-electron chi connectivity index (χ0n) is 9.52. The number of imidazole rings is 1. The summed E-state index contributed by atoms with van der Waals surface area (Å²) < 4.78 is 4.27. The summed E-state index contributed by atoms with van der Waals surface area (Å²) >= 11 is 0. The maximum Gasteiger partial charge on any atom is 0.243 e. The van der Waals surface area contributed by atoms with Crippen LogP contribution in [0, 0.1) is 11.3 Å². The first-order valence-electron chi connectivity index (χ1n) is 5.78. The van der Waals surface area contributed by atoms with Gasteiger partial charge < -0.3 is 0 Å². The first-order valence-corrected chi connectivity index (χ1v) is 5.78. The van der Waals surface area contributed by atoms with E-state index in [0.29, 0.717) is 6.42 Å². The lowest BCUT2D eigenvalue weighted by Crippen LogP contribution is -2.30. The molecule has 0 aliphatic carbocycles. The molecule has 0 aliphatic rings. The molecule has 0 saturated heterocycles. The third kappa shape index (κ3) is 4.64. The van der Waals surface area contributed by atoms with Crippen molar-refractivity contribution in [1.29, 1.82) is 5.26 Å². The van der Waals surface area contributed by atoms with Gasteiger partial charge in [0.05, 0.1) is 19.0 Å². The molecule has 1 rings (SSSR count). The highest BCUT2D eigenvalue weighted by Crippen LogP contribution is 2.00. The minimum Gasteiger partial charge on any atom is -0.237 e. The van der Waals surface area contributed by atoms with Crippen LogP contribution in [0.3, 0.4) is 0 Å². The number of aromatic nitrogens is 2. The van der Waals surface area contributed by atoms with Crippen molar-refractivity contribution in [2.75, 3.05) is 0 Å². The van der Waals surface area contributed by atoms with Crippen molar-refractivity contribution in [3.63, 3.8) is 0 Å². The van der Waals surface area contributed by atoms with Crippen molar-refractivity contribution >= 4 is 0 Å². The van der Waals surface area contributed by atoms with Gasteiger partial charge in [0.25, 0.3) is 0 Å². The fourth-order valence-corrected chi connectivity index (χ4v) is 1.60. The number of nitriles is 1. The van der Waals surface area contributed by atoms with Crippen LogP contribution >= 0.6 is 0 Å². The fraction of sp³-hybridized carbons (Fsp3) is 0.667. The Hall–Kier alpha value is -1.30. The summed E-state index contributed by atoms with van der Waals surface area (Å²) in [5, 5.41) is 8.46. The number of aryl methyl sites for hydroxylation is 2. The van der Waals surface area contributed by atoms with Crippen LogP contribution in [0.5, 0.6) is 0 Å². The van der Waals surface area contributed by atoms with Gasteiger partial charge in [-0.2, -0.15) is 5.26 Å². The van der Waals surface area contributed by atoms with Gasteiger partial charge >= 0.3 is 0 Å². The molecule has 0 amide bonds. The Balaban J connectivity index is 2.24. The first kappa shape index (κ1) is 11.8. The largest absolute Gasteiger partial charge is 0.243 e. The van der Waals surface area contributed by atoms with E-state index in [-0.39, 0.29) is 0 Å². The van der Waals surface area contributed by atoms with Crippen LogP contribution in [0.25, 0.3) is 0 Å². The Morgan fingerprint density at radius 3 is 2.93 bits per heavy atom. The van der Waals surface area contributed by atoms with E-state index >= 15 is 0 Å². The number of unbranched alkanes of at least 4 members (excludes halogenated alkanes) is 3. The predicted molar refractivity (Wildman–Crippen MR) is 59.0 cm³/mol. The number of hydrogen-bond acceptors (Lipinski definition) is 1. The minimum absolute atomic E-state index is 0.588. The molecular formula is C12H20N3+. The van der Waals surface area contributed by atoms with Crippen molar-refractivity contribution in [2.24, 2.45) is 0 Å². The Kier molecular flexibility index (Phi) is 5.54. The van der Waals surface area contributed by atoms with E-state index in [2.05, 4.69) is 34.7 Å². The van der Waals surface area contributed by atoms with Gasteiger partial charge in [-0.25, -0.2) is 9.13 Å². The lowest BCUT2D eigenvalue weighted by Gasteiger charge is -1.96. The van der Waals surface area contributed by atoms with Crippen LogP contribution in [-0.4, -0.2) is 4.57 Å². The normalized spacial score (nSPS) is 10.1. The quantitative estimate of drug-likeness (QED) is 0.497. The smallest absolute Gasteiger partial charge is 0.237 e. The molecule has 0 aliphatic heterocycles. The van der Waals surface area contributed by atoms with Crippen LogP contribution in [0.15, 0.2) is 18.7 Å². The van der Waals surface area contributed by atoms with Gasteiger partial charge in [0.15, 0.2) is 0 Å². The molecule has 82 valence electrons. The minimum atomic E-state index is 0.588. The van der Waals surface area contributed by atoms with Crippen LogP contribution in [-0.2, 0) is 13.1 Å². The van der Waals surface area contributed by atoms with Crippen LogP contribution in [0.1, 0.15) is 39.0 Å². The van der Waals surface area contributed by atoms with Gasteiger partial charge in [0, 0.05) is 0 Å². The summed E-state index contributed by atoms with van der Waals surface area (Å²) in [5.41, 5.74) is 0.